The topological polar surface area (TPSA) is 72.0 Å². The number of nitrogens with one attached hydrogen (secondary N) is 1. The second-order valence-electron chi connectivity index (χ2n) is 7.90. The van der Waals surface area contributed by atoms with Crippen molar-refractivity contribution >= 4 is 17.4 Å². The maximum Gasteiger partial charge on any atom is 0.150 e. The number of aromatic nitrogens is 4. The second-order valence-corrected chi connectivity index (χ2v) is 7.90. The molecule has 0 saturated heterocycles. The molecule has 1 saturated carbocycles. The first-order valence-corrected chi connectivity index (χ1v) is 10.1. The van der Waals surface area contributed by atoms with Crippen LogP contribution in [0.25, 0.3) is 23.0 Å². The highest BCUT2D eigenvalue weighted by Crippen LogP contribution is 2.38. The van der Waals surface area contributed by atoms with Gasteiger partial charge in [-0.25, -0.2) is 9.97 Å². The smallest absolute Gasteiger partial charge is 0.150 e. The van der Waals surface area contributed by atoms with E-state index in [0.717, 1.165) is 40.8 Å². The Balaban J connectivity index is 1.83. The molecule has 0 amide bonds. The highest BCUT2D eigenvalue weighted by atomic mass is 15.1. The summed E-state index contributed by atoms with van der Waals surface area (Å²) in [6.07, 6.45) is 14.0. The molecule has 3 N–H and O–H groups in total. The monoisotopic (exact) mass is 363 g/mol. The molecule has 4 rings (SSSR count). The Morgan fingerprint density at radius 3 is 2.81 bits per heavy atom. The SMILES string of the molecule is CC/C=C\c1[nH]c(-c2nc(C3CCC(C)CC3)n3ccnc(N)c23)cc1C. The van der Waals surface area contributed by atoms with Gasteiger partial charge < -0.3 is 10.7 Å². The van der Waals surface area contributed by atoms with Gasteiger partial charge in [0.15, 0.2) is 0 Å². The van der Waals surface area contributed by atoms with E-state index >= 15 is 0 Å². The molecule has 1 aliphatic carbocycles. The molecule has 0 bridgehead atoms. The molecular weight excluding hydrogens is 334 g/mol. The molecule has 0 unspecified atom stereocenters. The van der Waals surface area contributed by atoms with E-state index < -0.39 is 0 Å². The predicted octanol–water partition coefficient (Wildman–Crippen LogP) is 5.33. The molecular formula is C22H29N5. The van der Waals surface area contributed by atoms with Crippen LogP contribution in [0, 0.1) is 12.8 Å². The van der Waals surface area contributed by atoms with Gasteiger partial charge in [0, 0.05) is 24.0 Å². The van der Waals surface area contributed by atoms with E-state index in [4.69, 9.17) is 10.7 Å². The van der Waals surface area contributed by atoms with E-state index in [1.165, 1.54) is 31.2 Å². The molecule has 3 aromatic heterocycles. The van der Waals surface area contributed by atoms with Crippen LogP contribution in [0.4, 0.5) is 5.82 Å². The third kappa shape index (κ3) is 3.27. The molecule has 0 aliphatic heterocycles. The van der Waals surface area contributed by atoms with Crippen molar-refractivity contribution in [3.63, 3.8) is 0 Å². The normalized spacial score (nSPS) is 20.7. The summed E-state index contributed by atoms with van der Waals surface area (Å²) in [4.78, 5) is 13.0. The van der Waals surface area contributed by atoms with Crippen molar-refractivity contribution in [3.8, 4) is 11.4 Å². The average molecular weight is 364 g/mol. The lowest BCUT2D eigenvalue weighted by atomic mass is 9.82. The molecule has 142 valence electrons. The van der Waals surface area contributed by atoms with Crippen LogP contribution in [-0.2, 0) is 0 Å². The highest BCUT2D eigenvalue weighted by Gasteiger charge is 2.26. The summed E-state index contributed by atoms with van der Waals surface area (Å²) < 4.78 is 2.16. The minimum absolute atomic E-state index is 0.486. The number of nitrogens with two attached hydrogens (primary N) is 1. The van der Waals surface area contributed by atoms with Crippen LogP contribution in [0.2, 0.25) is 0 Å². The van der Waals surface area contributed by atoms with Crippen LogP contribution in [0.5, 0.6) is 0 Å². The summed E-state index contributed by atoms with van der Waals surface area (Å²) in [6.45, 7) is 6.61. The van der Waals surface area contributed by atoms with Crippen molar-refractivity contribution in [2.75, 3.05) is 5.73 Å². The number of nitrogens with zero attached hydrogens (tertiary/aromatic N) is 3. The molecule has 5 nitrogen and oxygen atoms in total. The van der Waals surface area contributed by atoms with Gasteiger partial charge in [-0.05, 0) is 49.8 Å². The van der Waals surface area contributed by atoms with E-state index in [9.17, 15) is 0 Å². The number of rotatable bonds is 4. The van der Waals surface area contributed by atoms with Crippen molar-refractivity contribution in [3.05, 3.63) is 41.6 Å². The van der Waals surface area contributed by atoms with Crippen molar-refractivity contribution in [1.29, 1.82) is 0 Å². The van der Waals surface area contributed by atoms with Gasteiger partial charge in [0.25, 0.3) is 0 Å². The molecule has 3 heterocycles. The van der Waals surface area contributed by atoms with E-state index in [0.29, 0.717) is 11.7 Å². The van der Waals surface area contributed by atoms with Crippen molar-refractivity contribution in [1.82, 2.24) is 19.4 Å². The first-order valence-electron chi connectivity index (χ1n) is 10.1. The fourth-order valence-electron chi connectivity index (χ4n) is 4.19. The Hall–Kier alpha value is -2.56. The zero-order valence-corrected chi connectivity index (χ0v) is 16.5. The predicted molar refractivity (Wildman–Crippen MR) is 112 cm³/mol. The van der Waals surface area contributed by atoms with Crippen LogP contribution in [-0.4, -0.2) is 19.4 Å². The van der Waals surface area contributed by atoms with Gasteiger partial charge >= 0.3 is 0 Å². The van der Waals surface area contributed by atoms with Gasteiger partial charge in [-0.3, -0.25) is 4.40 Å². The summed E-state index contributed by atoms with van der Waals surface area (Å²) in [5.41, 5.74) is 11.5. The minimum atomic E-state index is 0.486. The number of aromatic amines is 1. The number of nitrogen functional groups attached to an aromatic ring is 1. The fourth-order valence-corrected chi connectivity index (χ4v) is 4.19. The summed E-state index contributed by atoms with van der Waals surface area (Å²) in [6, 6.07) is 2.16. The average Bonchev–Trinajstić information content (AvgIpc) is 3.22. The van der Waals surface area contributed by atoms with Gasteiger partial charge in [0.2, 0.25) is 0 Å². The van der Waals surface area contributed by atoms with E-state index in [2.05, 4.69) is 53.4 Å². The fraction of sp³-hybridized carbons (Fsp3) is 0.455. The van der Waals surface area contributed by atoms with Crippen molar-refractivity contribution < 1.29 is 0 Å². The summed E-state index contributed by atoms with van der Waals surface area (Å²) in [5, 5.41) is 0. The van der Waals surface area contributed by atoms with Crippen LogP contribution < -0.4 is 5.73 Å². The Morgan fingerprint density at radius 1 is 1.30 bits per heavy atom. The maximum absolute atomic E-state index is 6.28. The lowest BCUT2D eigenvalue weighted by Gasteiger charge is -2.25. The number of allylic oxidation sites excluding steroid dienone is 1. The Kier molecular flexibility index (Phi) is 4.77. The van der Waals surface area contributed by atoms with E-state index in [1.807, 2.05) is 6.20 Å². The summed E-state index contributed by atoms with van der Waals surface area (Å²) in [7, 11) is 0. The van der Waals surface area contributed by atoms with Crippen LogP contribution in [0.1, 0.15) is 69.0 Å². The van der Waals surface area contributed by atoms with Gasteiger partial charge in [-0.15, -0.1) is 0 Å². The largest absolute Gasteiger partial charge is 0.382 e. The third-order valence-corrected chi connectivity index (χ3v) is 5.82. The van der Waals surface area contributed by atoms with Crippen molar-refractivity contribution in [2.24, 2.45) is 5.92 Å². The van der Waals surface area contributed by atoms with Gasteiger partial charge in [-0.1, -0.05) is 32.8 Å². The van der Waals surface area contributed by atoms with Gasteiger partial charge in [0.05, 0.1) is 5.69 Å². The summed E-state index contributed by atoms with van der Waals surface area (Å²) >= 11 is 0. The number of hydrogen-bond acceptors (Lipinski definition) is 3. The van der Waals surface area contributed by atoms with Crippen molar-refractivity contribution in [2.45, 2.75) is 58.8 Å². The summed E-state index contributed by atoms with van der Waals surface area (Å²) in [5.74, 6) is 2.96. The number of hydrogen-bond donors (Lipinski definition) is 2. The zero-order chi connectivity index (χ0) is 19.0. The van der Waals surface area contributed by atoms with Crippen LogP contribution >= 0.6 is 0 Å². The lowest BCUT2D eigenvalue weighted by molar-refractivity contribution is 0.339. The molecule has 0 atom stereocenters. The van der Waals surface area contributed by atoms with Crippen LogP contribution in [0.15, 0.2) is 24.5 Å². The Morgan fingerprint density at radius 2 is 2.07 bits per heavy atom. The molecule has 5 heteroatoms. The highest BCUT2D eigenvalue weighted by molar-refractivity contribution is 5.85. The molecule has 1 fully saturated rings. The van der Waals surface area contributed by atoms with E-state index in [1.54, 1.807) is 6.20 Å². The third-order valence-electron chi connectivity index (χ3n) is 5.82. The van der Waals surface area contributed by atoms with Gasteiger partial charge in [0.1, 0.15) is 22.9 Å². The minimum Gasteiger partial charge on any atom is -0.382 e. The molecule has 0 aromatic carbocycles. The number of anilines is 1. The molecule has 3 aromatic rings. The second kappa shape index (κ2) is 7.22. The number of aryl methyl sites for hydroxylation is 1. The molecule has 1 aliphatic rings. The number of imidazole rings is 1. The molecule has 0 spiro atoms. The first kappa shape index (κ1) is 17.8. The zero-order valence-electron chi connectivity index (χ0n) is 16.5. The van der Waals surface area contributed by atoms with Crippen LogP contribution in [0.3, 0.4) is 0 Å². The Labute approximate surface area is 160 Å². The van der Waals surface area contributed by atoms with Gasteiger partial charge in [-0.2, -0.15) is 0 Å². The quantitative estimate of drug-likeness (QED) is 0.658. The number of fused-ring (bicyclic) bond motifs is 1. The standard InChI is InChI=1S/C22H29N5/c1-4-5-6-17-15(3)13-18(25-17)19-20-21(23)24-11-12-27(20)22(26-19)16-9-7-14(2)8-10-16/h5-6,11-14,16,25H,4,7-10H2,1-3H3,(H2,23,24)/b6-5-. The molecule has 27 heavy (non-hydrogen) atoms. The Bertz CT molecular complexity index is 970. The lowest BCUT2D eigenvalue weighted by Crippen LogP contribution is -2.13. The number of H-pyrrole nitrogens is 1. The molecule has 0 radical (unpaired) electrons. The first-order chi connectivity index (χ1) is 13.1. The van der Waals surface area contributed by atoms with E-state index in [-0.39, 0.29) is 0 Å². The maximum atomic E-state index is 6.28.